The third-order valence-corrected chi connectivity index (χ3v) is 5.44. The van der Waals surface area contributed by atoms with E-state index in [0.717, 1.165) is 22.3 Å². The predicted octanol–water partition coefficient (Wildman–Crippen LogP) is 4.98. The van der Waals surface area contributed by atoms with Gasteiger partial charge >= 0.3 is 0 Å². The van der Waals surface area contributed by atoms with Crippen molar-refractivity contribution < 1.29 is 4.79 Å². The lowest BCUT2D eigenvalue weighted by molar-refractivity contribution is 0.104. The van der Waals surface area contributed by atoms with Gasteiger partial charge in [0.2, 0.25) is 0 Å². The highest BCUT2D eigenvalue weighted by atomic mass is 35.5. The Morgan fingerprint density at radius 3 is 2.73 bits per heavy atom. The van der Waals surface area contributed by atoms with Crippen LogP contribution in [0.15, 0.2) is 67.4 Å². The summed E-state index contributed by atoms with van der Waals surface area (Å²) in [6.45, 7) is 6.29. The second-order valence-electron chi connectivity index (χ2n) is 7.00. The summed E-state index contributed by atoms with van der Waals surface area (Å²) in [6, 6.07) is 13.6. The van der Waals surface area contributed by atoms with Gasteiger partial charge in [0.15, 0.2) is 10.9 Å². The first kappa shape index (κ1) is 18.4. The number of allylic oxidation sites excluding steroid dienone is 2. The molecule has 5 aromatic rings. The van der Waals surface area contributed by atoms with Crippen molar-refractivity contribution >= 4 is 45.8 Å². The van der Waals surface area contributed by atoms with E-state index in [1.807, 2.05) is 70.6 Å². The molecular weight excluding hydrogens is 398 g/mol. The van der Waals surface area contributed by atoms with Gasteiger partial charge in [-0.1, -0.05) is 35.9 Å². The van der Waals surface area contributed by atoms with Crippen molar-refractivity contribution in [2.75, 3.05) is 0 Å². The van der Waals surface area contributed by atoms with Crippen molar-refractivity contribution in [3.8, 4) is 0 Å². The van der Waals surface area contributed by atoms with E-state index < -0.39 is 0 Å². The lowest BCUT2D eigenvalue weighted by Crippen LogP contribution is -2.02. The molecule has 0 N–H and O–H groups in total. The first-order valence-corrected chi connectivity index (χ1v) is 9.90. The number of para-hydroxylation sites is 2. The van der Waals surface area contributed by atoms with Gasteiger partial charge in [-0.05, 0) is 43.3 Å². The number of ketones is 1. The van der Waals surface area contributed by atoms with Crippen LogP contribution in [0.2, 0.25) is 5.15 Å². The number of benzene rings is 1. The van der Waals surface area contributed by atoms with E-state index in [-0.39, 0.29) is 5.78 Å². The van der Waals surface area contributed by atoms with Crippen molar-refractivity contribution in [3.63, 3.8) is 0 Å². The molecule has 0 saturated carbocycles. The fourth-order valence-corrected chi connectivity index (χ4v) is 4.13. The lowest BCUT2D eigenvalue weighted by atomic mass is 10.1. The van der Waals surface area contributed by atoms with Crippen LogP contribution >= 0.6 is 11.6 Å². The molecule has 148 valence electrons. The Hall–Kier alpha value is -3.64. The fraction of sp³-hybridized carbons (Fsp3) is 0.0870. The van der Waals surface area contributed by atoms with E-state index in [1.165, 1.54) is 6.08 Å². The standard InChI is InChI=1S/C23H18ClN5O/c1-3-13-28-16-8-4-5-9-17(16)29-23(28)21(15(2)26-29)19(30)12-11-18-22(24)25-20-10-6-7-14-27(18)20/h3-12,14H,1,13H2,2H3. The van der Waals surface area contributed by atoms with Crippen molar-refractivity contribution in [1.82, 2.24) is 23.6 Å². The van der Waals surface area contributed by atoms with Gasteiger partial charge in [-0.2, -0.15) is 5.10 Å². The molecule has 0 atom stereocenters. The van der Waals surface area contributed by atoms with Crippen LogP contribution < -0.4 is 0 Å². The molecule has 0 radical (unpaired) electrons. The highest BCUT2D eigenvalue weighted by Crippen LogP contribution is 2.27. The molecule has 0 spiro atoms. The number of fused-ring (bicyclic) bond motifs is 4. The minimum atomic E-state index is -0.141. The molecular formula is C23H18ClN5O. The molecule has 30 heavy (non-hydrogen) atoms. The normalized spacial score (nSPS) is 11.9. The summed E-state index contributed by atoms with van der Waals surface area (Å²) in [5, 5.41) is 4.99. The van der Waals surface area contributed by atoms with Crippen molar-refractivity contribution in [2.24, 2.45) is 0 Å². The Morgan fingerprint density at radius 1 is 1.17 bits per heavy atom. The number of carbonyl (C=O) groups is 1. The highest BCUT2D eigenvalue weighted by Gasteiger charge is 2.22. The predicted molar refractivity (Wildman–Crippen MR) is 119 cm³/mol. The van der Waals surface area contributed by atoms with Crippen LogP contribution in [-0.4, -0.2) is 29.3 Å². The van der Waals surface area contributed by atoms with Crippen molar-refractivity contribution in [3.05, 3.63) is 89.5 Å². The molecule has 0 aliphatic carbocycles. The van der Waals surface area contributed by atoms with E-state index in [0.29, 0.717) is 28.6 Å². The SMILES string of the molecule is C=CCn1c2ccccc2n2nc(C)c(C(=O)C=Cc3c(Cl)nc4ccccn34)c12. The van der Waals surface area contributed by atoms with Crippen LogP contribution in [0.4, 0.5) is 0 Å². The van der Waals surface area contributed by atoms with E-state index in [4.69, 9.17) is 11.6 Å². The molecule has 5 rings (SSSR count). The Balaban J connectivity index is 1.66. The number of aromatic nitrogens is 5. The van der Waals surface area contributed by atoms with Crippen LogP contribution in [0.1, 0.15) is 21.7 Å². The Bertz CT molecular complexity index is 1480. The number of halogens is 1. The number of pyridine rings is 1. The number of hydrogen-bond donors (Lipinski definition) is 0. The number of imidazole rings is 2. The zero-order valence-electron chi connectivity index (χ0n) is 16.3. The first-order chi connectivity index (χ1) is 14.6. The number of carbonyl (C=O) groups excluding carboxylic acids is 1. The molecule has 0 saturated heterocycles. The van der Waals surface area contributed by atoms with Gasteiger partial charge in [0.1, 0.15) is 11.3 Å². The Kier molecular flexibility index (Phi) is 4.29. The first-order valence-electron chi connectivity index (χ1n) is 9.52. The minimum absolute atomic E-state index is 0.141. The molecule has 6 nitrogen and oxygen atoms in total. The molecule has 0 fully saturated rings. The molecule has 1 aromatic carbocycles. The average molecular weight is 416 g/mol. The van der Waals surface area contributed by atoms with Gasteiger partial charge in [-0.3, -0.25) is 9.20 Å². The van der Waals surface area contributed by atoms with E-state index in [9.17, 15) is 4.79 Å². The van der Waals surface area contributed by atoms with Crippen LogP contribution in [0.5, 0.6) is 0 Å². The van der Waals surface area contributed by atoms with Crippen LogP contribution in [0, 0.1) is 6.92 Å². The molecule has 7 heteroatoms. The van der Waals surface area contributed by atoms with Gasteiger partial charge < -0.3 is 4.57 Å². The lowest BCUT2D eigenvalue weighted by Gasteiger charge is -2.03. The maximum absolute atomic E-state index is 13.3. The molecule has 0 unspecified atom stereocenters. The van der Waals surface area contributed by atoms with Gasteiger partial charge in [-0.15, -0.1) is 6.58 Å². The number of nitrogens with zero attached hydrogens (tertiary/aromatic N) is 5. The maximum Gasteiger partial charge on any atom is 0.191 e. The van der Waals surface area contributed by atoms with Gasteiger partial charge in [0.05, 0.1) is 28.0 Å². The summed E-state index contributed by atoms with van der Waals surface area (Å²) in [5.74, 6) is -0.141. The third-order valence-electron chi connectivity index (χ3n) is 5.17. The van der Waals surface area contributed by atoms with Gasteiger partial charge in [0.25, 0.3) is 0 Å². The second kappa shape index (κ2) is 7.00. The molecule has 0 amide bonds. The largest absolute Gasteiger partial charge is 0.320 e. The Morgan fingerprint density at radius 2 is 1.93 bits per heavy atom. The van der Waals surface area contributed by atoms with E-state index in [1.54, 1.807) is 6.08 Å². The maximum atomic E-state index is 13.3. The van der Waals surface area contributed by atoms with Gasteiger partial charge in [-0.25, -0.2) is 9.50 Å². The minimum Gasteiger partial charge on any atom is -0.320 e. The van der Waals surface area contributed by atoms with Gasteiger partial charge in [0, 0.05) is 12.7 Å². The molecule has 0 aliphatic heterocycles. The number of rotatable bonds is 5. The molecule has 4 aromatic heterocycles. The second-order valence-corrected chi connectivity index (χ2v) is 7.36. The zero-order chi connectivity index (χ0) is 20.8. The summed E-state index contributed by atoms with van der Waals surface area (Å²) in [7, 11) is 0. The molecule has 0 bridgehead atoms. The highest BCUT2D eigenvalue weighted by molar-refractivity contribution is 6.31. The molecule has 4 heterocycles. The van der Waals surface area contributed by atoms with E-state index >= 15 is 0 Å². The summed E-state index contributed by atoms with van der Waals surface area (Å²) in [5.41, 5.74) is 5.33. The average Bonchev–Trinajstić information content (AvgIpc) is 3.35. The van der Waals surface area contributed by atoms with Crippen molar-refractivity contribution in [1.29, 1.82) is 0 Å². The number of hydrogen-bond acceptors (Lipinski definition) is 3. The fourth-order valence-electron chi connectivity index (χ4n) is 3.89. The molecule has 0 aliphatic rings. The van der Waals surface area contributed by atoms with Crippen LogP contribution in [-0.2, 0) is 6.54 Å². The summed E-state index contributed by atoms with van der Waals surface area (Å²) in [6.07, 6.45) is 6.91. The quantitative estimate of drug-likeness (QED) is 0.231. The van der Waals surface area contributed by atoms with Crippen LogP contribution in [0.25, 0.3) is 28.4 Å². The summed E-state index contributed by atoms with van der Waals surface area (Å²) in [4.78, 5) is 17.6. The third kappa shape index (κ3) is 2.69. The summed E-state index contributed by atoms with van der Waals surface area (Å²) < 4.78 is 5.74. The van der Waals surface area contributed by atoms with Crippen LogP contribution in [0.3, 0.4) is 0 Å². The van der Waals surface area contributed by atoms with Crippen molar-refractivity contribution in [2.45, 2.75) is 13.5 Å². The zero-order valence-corrected chi connectivity index (χ0v) is 17.0. The monoisotopic (exact) mass is 415 g/mol. The topological polar surface area (TPSA) is 56.6 Å². The number of aryl methyl sites for hydroxylation is 1. The Labute approximate surface area is 177 Å². The van der Waals surface area contributed by atoms with E-state index in [2.05, 4.69) is 21.2 Å². The smallest absolute Gasteiger partial charge is 0.191 e. The summed E-state index contributed by atoms with van der Waals surface area (Å²) >= 11 is 6.30.